The summed E-state index contributed by atoms with van der Waals surface area (Å²) in [5, 5.41) is 23.1. The molecule has 0 bridgehead atoms. The summed E-state index contributed by atoms with van der Waals surface area (Å²) in [6.45, 7) is 4.91. The number of carbonyl (C=O) groups is 2. The Bertz CT molecular complexity index is 1170. The van der Waals surface area contributed by atoms with Crippen LogP contribution in [0.3, 0.4) is 0 Å². The average Bonchev–Trinajstić information content (AvgIpc) is 3.38. The van der Waals surface area contributed by atoms with Gasteiger partial charge in [-0.1, -0.05) is 288 Å². The monoisotopic (exact) mass is 1010 g/mol. The van der Waals surface area contributed by atoms with Crippen molar-refractivity contribution in [2.75, 3.05) is 13.2 Å². The molecular formula is C66H125NO5. The van der Waals surface area contributed by atoms with E-state index in [1.165, 1.54) is 270 Å². The maximum atomic E-state index is 12.5. The number of unbranched alkanes of at least 4 members (excludes halogenated alkanes) is 45. The van der Waals surface area contributed by atoms with E-state index in [1.54, 1.807) is 6.08 Å². The van der Waals surface area contributed by atoms with Crippen molar-refractivity contribution < 1.29 is 24.5 Å². The molecule has 0 aromatic heterocycles. The normalized spacial score (nSPS) is 12.8. The molecule has 0 radical (unpaired) electrons. The van der Waals surface area contributed by atoms with Crippen molar-refractivity contribution in [3.63, 3.8) is 0 Å². The molecule has 6 nitrogen and oxygen atoms in total. The molecule has 6 heteroatoms. The number of ether oxygens (including phenoxy) is 1. The van der Waals surface area contributed by atoms with E-state index >= 15 is 0 Å². The summed E-state index contributed by atoms with van der Waals surface area (Å²) in [4.78, 5) is 24.5. The summed E-state index contributed by atoms with van der Waals surface area (Å²) < 4.78 is 5.49. The summed E-state index contributed by atoms with van der Waals surface area (Å²) in [5.74, 6) is -0.0691. The van der Waals surface area contributed by atoms with Crippen LogP contribution in [-0.2, 0) is 14.3 Å². The molecule has 0 aliphatic rings. The highest BCUT2D eigenvalue weighted by molar-refractivity contribution is 5.76. The molecule has 0 saturated heterocycles. The average molecular weight is 1010 g/mol. The number of hydrogen-bond donors (Lipinski definition) is 3. The summed E-state index contributed by atoms with van der Waals surface area (Å²) in [6.07, 6.45) is 77.6. The van der Waals surface area contributed by atoms with E-state index in [-0.39, 0.29) is 18.5 Å². The van der Waals surface area contributed by atoms with Crippen LogP contribution in [0.15, 0.2) is 36.5 Å². The Morgan fingerprint density at radius 3 is 0.986 bits per heavy atom. The second-order valence-corrected chi connectivity index (χ2v) is 22.1. The molecule has 424 valence electrons. The quantitative estimate of drug-likeness (QED) is 0.0320. The smallest absolute Gasteiger partial charge is 0.305 e. The molecule has 0 fully saturated rings. The van der Waals surface area contributed by atoms with Crippen LogP contribution in [0.2, 0.25) is 0 Å². The lowest BCUT2D eigenvalue weighted by molar-refractivity contribution is -0.143. The minimum absolute atomic E-state index is 0.00374. The zero-order valence-corrected chi connectivity index (χ0v) is 48.4. The Morgan fingerprint density at radius 1 is 0.375 bits per heavy atom. The first-order chi connectivity index (χ1) is 35.5. The van der Waals surface area contributed by atoms with E-state index in [1.807, 2.05) is 6.08 Å². The van der Waals surface area contributed by atoms with Gasteiger partial charge in [-0.15, -0.1) is 0 Å². The van der Waals surface area contributed by atoms with E-state index in [4.69, 9.17) is 4.74 Å². The molecule has 2 unspecified atom stereocenters. The lowest BCUT2D eigenvalue weighted by Crippen LogP contribution is -2.45. The molecule has 0 aliphatic heterocycles. The highest BCUT2D eigenvalue weighted by Gasteiger charge is 2.18. The van der Waals surface area contributed by atoms with Gasteiger partial charge < -0.3 is 20.3 Å². The summed E-state index contributed by atoms with van der Waals surface area (Å²) in [5.41, 5.74) is 0. The molecule has 0 aromatic carbocycles. The van der Waals surface area contributed by atoms with Gasteiger partial charge >= 0.3 is 5.97 Å². The lowest BCUT2D eigenvalue weighted by atomic mass is 10.0. The van der Waals surface area contributed by atoms with Gasteiger partial charge in [0, 0.05) is 12.8 Å². The van der Waals surface area contributed by atoms with Gasteiger partial charge in [0.25, 0.3) is 0 Å². The molecule has 0 saturated carbocycles. The molecule has 2 atom stereocenters. The van der Waals surface area contributed by atoms with E-state index in [9.17, 15) is 19.8 Å². The summed E-state index contributed by atoms with van der Waals surface area (Å²) in [6, 6.07) is -0.633. The third-order valence-electron chi connectivity index (χ3n) is 14.9. The molecule has 3 N–H and O–H groups in total. The molecule has 1 amide bonds. The Kier molecular flexibility index (Phi) is 60.0. The fourth-order valence-electron chi connectivity index (χ4n) is 9.92. The third kappa shape index (κ3) is 57.4. The van der Waals surface area contributed by atoms with E-state index in [2.05, 4.69) is 43.5 Å². The van der Waals surface area contributed by atoms with Crippen molar-refractivity contribution >= 4 is 11.9 Å². The topological polar surface area (TPSA) is 95.9 Å². The highest BCUT2D eigenvalue weighted by atomic mass is 16.5. The van der Waals surface area contributed by atoms with E-state index in [0.717, 1.165) is 51.4 Å². The van der Waals surface area contributed by atoms with Crippen molar-refractivity contribution in [2.24, 2.45) is 0 Å². The van der Waals surface area contributed by atoms with Gasteiger partial charge in [0.15, 0.2) is 0 Å². The SMILES string of the molecule is CCCCCCCCC/C=C\CCCCCCCC(=O)OCCCCCCCCCCCCCC/C=C\CCCCCCCCCC(=O)NC(CO)C(O)/C=C/CCCCCCCCCCCCCCCC. The first-order valence-electron chi connectivity index (χ1n) is 32.3. The van der Waals surface area contributed by atoms with Crippen molar-refractivity contribution in [3.8, 4) is 0 Å². The van der Waals surface area contributed by atoms with Gasteiger partial charge in [0.05, 0.1) is 25.4 Å². The lowest BCUT2D eigenvalue weighted by Gasteiger charge is -2.20. The second-order valence-electron chi connectivity index (χ2n) is 22.1. The van der Waals surface area contributed by atoms with Gasteiger partial charge in [-0.3, -0.25) is 9.59 Å². The zero-order chi connectivity index (χ0) is 52.2. The number of aliphatic hydroxyl groups is 2. The fourth-order valence-corrected chi connectivity index (χ4v) is 9.92. The fraction of sp³-hybridized carbons (Fsp3) is 0.879. The number of esters is 1. The Hall–Kier alpha value is -1.92. The van der Waals surface area contributed by atoms with Crippen LogP contribution in [0.4, 0.5) is 0 Å². The number of rotatable bonds is 60. The van der Waals surface area contributed by atoms with Crippen molar-refractivity contribution in [3.05, 3.63) is 36.5 Å². The largest absolute Gasteiger partial charge is 0.466 e. The molecule has 0 spiro atoms. The summed E-state index contributed by atoms with van der Waals surface area (Å²) in [7, 11) is 0. The van der Waals surface area contributed by atoms with Crippen LogP contribution in [0, 0.1) is 0 Å². The minimum atomic E-state index is -0.849. The summed E-state index contributed by atoms with van der Waals surface area (Å²) >= 11 is 0. The Labute approximate surface area is 449 Å². The van der Waals surface area contributed by atoms with Crippen LogP contribution in [0.25, 0.3) is 0 Å². The number of amides is 1. The zero-order valence-electron chi connectivity index (χ0n) is 48.4. The number of hydrogen-bond acceptors (Lipinski definition) is 5. The number of carbonyl (C=O) groups excluding carboxylic acids is 2. The van der Waals surface area contributed by atoms with Crippen LogP contribution < -0.4 is 5.32 Å². The van der Waals surface area contributed by atoms with Gasteiger partial charge in [0.1, 0.15) is 0 Å². The van der Waals surface area contributed by atoms with Crippen LogP contribution in [-0.4, -0.2) is 47.4 Å². The Morgan fingerprint density at radius 2 is 0.653 bits per heavy atom. The molecule has 0 aromatic rings. The molecule has 0 heterocycles. The minimum Gasteiger partial charge on any atom is -0.466 e. The standard InChI is InChI=1S/C66H125NO5/c1-3-5-7-9-11-13-15-17-19-30-34-38-42-46-50-54-58-64(69)63(62-68)67-65(70)59-55-51-47-43-39-35-31-28-26-24-22-21-23-25-27-29-33-37-41-45-49-53-57-61-72-66(71)60-56-52-48-44-40-36-32-20-18-16-14-12-10-8-6-4-2/h20,24,26,32,54,58,63-64,68-69H,3-19,21-23,25,27-31,33-53,55-57,59-62H2,1-2H3,(H,67,70)/b26-24-,32-20-,58-54+. The molecule has 72 heavy (non-hydrogen) atoms. The van der Waals surface area contributed by atoms with E-state index < -0.39 is 12.1 Å². The van der Waals surface area contributed by atoms with Gasteiger partial charge in [-0.25, -0.2) is 0 Å². The van der Waals surface area contributed by atoms with Crippen molar-refractivity contribution in [2.45, 2.75) is 360 Å². The predicted octanol–water partition coefficient (Wildman–Crippen LogP) is 20.4. The molecular weight excluding hydrogens is 887 g/mol. The van der Waals surface area contributed by atoms with Gasteiger partial charge in [-0.2, -0.15) is 0 Å². The maximum absolute atomic E-state index is 12.5. The number of allylic oxidation sites excluding steroid dienone is 5. The third-order valence-corrected chi connectivity index (χ3v) is 14.9. The molecule has 0 aliphatic carbocycles. The number of nitrogens with one attached hydrogen (secondary N) is 1. The van der Waals surface area contributed by atoms with Gasteiger partial charge in [0.2, 0.25) is 5.91 Å². The first kappa shape index (κ1) is 70.1. The maximum Gasteiger partial charge on any atom is 0.305 e. The Balaban J connectivity index is 3.43. The predicted molar refractivity (Wildman–Crippen MR) is 315 cm³/mol. The van der Waals surface area contributed by atoms with Crippen LogP contribution in [0.5, 0.6) is 0 Å². The second kappa shape index (κ2) is 61.6. The van der Waals surface area contributed by atoms with Crippen molar-refractivity contribution in [1.82, 2.24) is 5.32 Å². The van der Waals surface area contributed by atoms with Crippen LogP contribution in [0.1, 0.15) is 348 Å². The van der Waals surface area contributed by atoms with Gasteiger partial charge in [-0.05, 0) is 83.5 Å². The van der Waals surface area contributed by atoms with E-state index in [0.29, 0.717) is 19.4 Å². The number of aliphatic hydroxyl groups excluding tert-OH is 2. The van der Waals surface area contributed by atoms with Crippen LogP contribution >= 0.6 is 0 Å². The first-order valence-corrected chi connectivity index (χ1v) is 32.3. The van der Waals surface area contributed by atoms with Crippen molar-refractivity contribution in [1.29, 1.82) is 0 Å². The highest BCUT2D eigenvalue weighted by Crippen LogP contribution is 2.17. The molecule has 0 rings (SSSR count).